The van der Waals surface area contributed by atoms with Crippen LogP contribution in [0, 0.1) is 0 Å². The van der Waals surface area contributed by atoms with Crippen molar-refractivity contribution in [2.24, 2.45) is 0 Å². The molecule has 1 rings (SSSR count). The van der Waals surface area contributed by atoms with E-state index < -0.39 is 6.30 Å². The standard InChI is InChI=1S/C8H13BrF3NO/c9-3-5-14-7-2-1-4-13(6-7)8(10,11)12/h7H,1-6H2/t7-/m0/s1. The Morgan fingerprint density at radius 2 is 2.14 bits per heavy atom. The second-order valence-corrected chi connectivity index (χ2v) is 4.03. The summed E-state index contributed by atoms with van der Waals surface area (Å²) in [5.41, 5.74) is 0. The molecule has 0 unspecified atom stereocenters. The maximum Gasteiger partial charge on any atom is 0.460 e. The number of rotatable bonds is 3. The van der Waals surface area contributed by atoms with Crippen LogP contribution < -0.4 is 0 Å². The van der Waals surface area contributed by atoms with Crippen LogP contribution in [0.4, 0.5) is 13.2 Å². The van der Waals surface area contributed by atoms with E-state index in [9.17, 15) is 13.2 Å². The van der Waals surface area contributed by atoms with E-state index in [1.165, 1.54) is 0 Å². The first-order valence-electron chi connectivity index (χ1n) is 4.53. The monoisotopic (exact) mass is 275 g/mol. The fourth-order valence-corrected chi connectivity index (χ4v) is 1.70. The van der Waals surface area contributed by atoms with Gasteiger partial charge in [-0.2, -0.15) is 13.2 Å². The highest BCUT2D eigenvalue weighted by Crippen LogP contribution is 2.26. The van der Waals surface area contributed by atoms with Crippen LogP contribution in [0.15, 0.2) is 0 Å². The number of likely N-dealkylation sites (tertiary alicyclic amines) is 1. The second kappa shape index (κ2) is 5.32. The van der Waals surface area contributed by atoms with Crippen molar-refractivity contribution in [3.8, 4) is 0 Å². The van der Waals surface area contributed by atoms with Crippen molar-refractivity contribution in [1.82, 2.24) is 4.90 Å². The second-order valence-electron chi connectivity index (χ2n) is 3.24. The molecule has 0 aromatic carbocycles. The smallest absolute Gasteiger partial charge is 0.376 e. The predicted octanol–water partition coefficient (Wildman–Crippen LogP) is 2.38. The van der Waals surface area contributed by atoms with Crippen LogP contribution in [0.3, 0.4) is 0 Å². The maximum atomic E-state index is 12.3. The molecule has 1 saturated heterocycles. The molecule has 0 aromatic rings. The van der Waals surface area contributed by atoms with Gasteiger partial charge in [0.1, 0.15) is 0 Å². The van der Waals surface area contributed by atoms with Gasteiger partial charge in [0.25, 0.3) is 0 Å². The van der Waals surface area contributed by atoms with Crippen LogP contribution in [-0.2, 0) is 4.74 Å². The molecule has 14 heavy (non-hydrogen) atoms. The number of hydrogen-bond acceptors (Lipinski definition) is 2. The lowest BCUT2D eigenvalue weighted by Gasteiger charge is -2.33. The number of nitrogens with zero attached hydrogens (tertiary/aromatic N) is 1. The molecule has 0 aromatic heterocycles. The summed E-state index contributed by atoms with van der Waals surface area (Å²) >= 11 is 3.17. The highest BCUT2D eigenvalue weighted by molar-refractivity contribution is 9.09. The van der Waals surface area contributed by atoms with Gasteiger partial charge < -0.3 is 4.74 Å². The van der Waals surface area contributed by atoms with Crippen molar-refractivity contribution in [1.29, 1.82) is 0 Å². The van der Waals surface area contributed by atoms with Gasteiger partial charge in [-0.15, -0.1) is 0 Å². The molecule has 1 aliphatic heterocycles. The highest BCUT2D eigenvalue weighted by Gasteiger charge is 2.39. The zero-order valence-electron chi connectivity index (χ0n) is 7.69. The van der Waals surface area contributed by atoms with Crippen molar-refractivity contribution in [2.45, 2.75) is 25.2 Å². The summed E-state index contributed by atoms with van der Waals surface area (Å²) in [5, 5.41) is 0.662. The summed E-state index contributed by atoms with van der Waals surface area (Å²) in [6, 6.07) is 0. The van der Waals surface area contributed by atoms with Gasteiger partial charge in [-0.05, 0) is 12.8 Å². The molecule has 0 saturated carbocycles. The van der Waals surface area contributed by atoms with Crippen LogP contribution in [0.25, 0.3) is 0 Å². The molecule has 1 atom stereocenters. The summed E-state index contributed by atoms with van der Waals surface area (Å²) in [6.45, 7) is 0.532. The quantitative estimate of drug-likeness (QED) is 0.579. The zero-order chi connectivity index (χ0) is 10.6. The van der Waals surface area contributed by atoms with Gasteiger partial charge in [0.15, 0.2) is 0 Å². The minimum atomic E-state index is -4.21. The van der Waals surface area contributed by atoms with Gasteiger partial charge in [0.2, 0.25) is 0 Å². The van der Waals surface area contributed by atoms with Gasteiger partial charge >= 0.3 is 6.30 Å². The molecule has 0 amide bonds. The van der Waals surface area contributed by atoms with Gasteiger partial charge in [-0.1, -0.05) is 15.9 Å². The lowest BCUT2D eigenvalue weighted by molar-refractivity contribution is -0.258. The third-order valence-electron chi connectivity index (χ3n) is 2.17. The van der Waals surface area contributed by atoms with E-state index in [0.29, 0.717) is 23.3 Å². The van der Waals surface area contributed by atoms with Gasteiger partial charge in [-0.25, -0.2) is 4.90 Å². The van der Waals surface area contributed by atoms with Crippen LogP contribution >= 0.6 is 15.9 Å². The number of ether oxygens (including phenoxy) is 1. The van der Waals surface area contributed by atoms with Crippen LogP contribution in [0.2, 0.25) is 0 Å². The molecule has 0 radical (unpaired) electrons. The fourth-order valence-electron chi connectivity index (χ4n) is 1.52. The normalized spacial score (nSPS) is 25.3. The molecule has 84 valence electrons. The predicted molar refractivity (Wildman–Crippen MR) is 50.4 cm³/mol. The first-order valence-corrected chi connectivity index (χ1v) is 5.65. The van der Waals surface area contributed by atoms with E-state index in [2.05, 4.69) is 15.9 Å². The molecule has 2 nitrogen and oxygen atoms in total. The lowest BCUT2D eigenvalue weighted by atomic mass is 10.1. The largest absolute Gasteiger partial charge is 0.460 e. The number of piperidine rings is 1. The maximum absolute atomic E-state index is 12.3. The molecule has 0 aliphatic carbocycles. The number of alkyl halides is 4. The van der Waals surface area contributed by atoms with Gasteiger partial charge in [0, 0.05) is 18.4 Å². The summed E-state index contributed by atoms with van der Waals surface area (Å²) in [4.78, 5) is 0.523. The first kappa shape index (κ1) is 12.3. The SMILES string of the molecule is FC(F)(F)N1CCC[C@H](OCCBr)C1. The third kappa shape index (κ3) is 3.74. The van der Waals surface area contributed by atoms with E-state index >= 15 is 0 Å². The van der Waals surface area contributed by atoms with Crippen molar-refractivity contribution >= 4 is 15.9 Å². The Hall–Kier alpha value is 0.190. The molecule has 6 heteroatoms. The lowest BCUT2D eigenvalue weighted by Crippen LogP contribution is -2.47. The number of halogens is 4. The molecular weight excluding hydrogens is 263 g/mol. The van der Waals surface area contributed by atoms with Crippen molar-refractivity contribution < 1.29 is 17.9 Å². The minimum absolute atomic E-state index is 0.0312. The Labute approximate surface area is 89.5 Å². The minimum Gasteiger partial charge on any atom is -0.376 e. The zero-order valence-corrected chi connectivity index (χ0v) is 9.27. The van der Waals surface area contributed by atoms with Crippen LogP contribution in [-0.4, -0.2) is 42.3 Å². The summed E-state index contributed by atoms with van der Waals surface area (Å²) < 4.78 is 42.2. The summed E-state index contributed by atoms with van der Waals surface area (Å²) in [7, 11) is 0. The molecule has 1 heterocycles. The molecule has 1 fully saturated rings. The van der Waals surface area contributed by atoms with E-state index in [0.717, 1.165) is 6.42 Å². The van der Waals surface area contributed by atoms with Crippen molar-refractivity contribution in [3.05, 3.63) is 0 Å². The van der Waals surface area contributed by atoms with Crippen LogP contribution in [0.1, 0.15) is 12.8 Å². The summed E-state index contributed by atoms with van der Waals surface area (Å²) in [5.74, 6) is 0. The van der Waals surface area contributed by atoms with E-state index in [1.54, 1.807) is 0 Å². The Morgan fingerprint density at radius 1 is 1.43 bits per heavy atom. The molecule has 1 aliphatic rings. The number of hydrogen-bond donors (Lipinski definition) is 0. The molecule has 0 spiro atoms. The van der Waals surface area contributed by atoms with E-state index in [-0.39, 0.29) is 19.2 Å². The summed E-state index contributed by atoms with van der Waals surface area (Å²) in [6.07, 6.45) is -3.22. The molecular formula is C8H13BrF3NO. The van der Waals surface area contributed by atoms with Crippen LogP contribution in [0.5, 0.6) is 0 Å². The van der Waals surface area contributed by atoms with Crippen molar-refractivity contribution in [3.63, 3.8) is 0 Å². The fraction of sp³-hybridized carbons (Fsp3) is 1.00. The Kier molecular flexibility index (Phi) is 4.66. The van der Waals surface area contributed by atoms with E-state index in [1.807, 2.05) is 0 Å². The Morgan fingerprint density at radius 3 is 2.71 bits per heavy atom. The van der Waals surface area contributed by atoms with Crippen molar-refractivity contribution in [2.75, 3.05) is 25.0 Å². The molecule has 0 bridgehead atoms. The molecule has 0 N–H and O–H groups in total. The van der Waals surface area contributed by atoms with Gasteiger partial charge in [0.05, 0.1) is 12.7 Å². The average molecular weight is 276 g/mol. The first-order chi connectivity index (χ1) is 6.54. The topological polar surface area (TPSA) is 12.5 Å². The third-order valence-corrected chi connectivity index (χ3v) is 2.49. The van der Waals surface area contributed by atoms with Gasteiger partial charge in [-0.3, -0.25) is 0 Å². The Bertz CT molecular complexity index is 176. The average Bonchev–Trinajstić information content (AvgIpc) is 2.14. The highest BCUT2D eigenvalue weighted by atomic mass is 79.9. The van der Waals surface area contributed by atoms with E-state index in [4.69, 9.17) is 4.74 Å². The Balaban J connectivity index is 2.36.